The number of imide groups is 1. The molecule has 0 aromatic heterocycles. The molecular formula is C19H20F2N4O4. The van der Waals surface area contributed by atoms with Crippen LogP contribution < -0.4 is 16.0 Å². The molecular weight excluding hydrogens is 386 g/mol. The van der Waals surface area contributed by atoms with Crippen LogP contribution in [0, 0.1) is 23.5 Å². The maximum atomic E-state index is 13.2. The molecule has 1 aromatic rings. The van der Waals surface area contributed by atoms with E-state index in [4.69, 9.17) is 0 Å². The maximum absolute atomic E-state index is 13.2. The van der Waals surface area contributed by atoms with Gasteiger partial charge in [-0.15, -0.1) is 0 Å². The number of benzene rings is 1. The summed E-state index contributed by atoms with van der Waals surface area (Å²) in [7, 11) is 0. The van der Waals surface area contributed by atoms with Gasteiger partial charge in [-0.2, -0.15) is 0 Å². The molecule has 2 aliphatic carbocycles. The second-order valence-electron chi connectivity index (χ2n) is 7.69. The average Bonchev–Trinajstić information content (AvgIpc) is 3.57. The van der Waals surface area contributed by atoms with E-state index in [2.05, 4.69) is 16.0 Å². The Hall–Kier alpha value is -3.04. The van der Waals surface area contributed by atoms with Gasteiger partial charge in [-0.05, 0) is 49.7 Å². The lowest BCUT2D eigenvalue weighted by molar-refractivity contribution is -0.136. The number of anilines is 1. The van der Waals surface area contributed by atoms with Crippen LogP contribution in [0.1, 0.15) is 25.7 Å². The Morgan fingerprint density at radius 2 is 1.72 bits per heavy atom. The molecule has 2 saturated carbocycles. The first-order valence-electron chi connectivity index (χ1n) is 9.47. The molecule has 0 radical (unpaired) electrons. The Balaban J connectivity index is 1.30. The standard InChI is InChI=1S/C19H20F2N4O4/c20-13-6-5-12(7-14(13)21)23-15(26)8-22-16(27)9-25-17(28)19(10-1-2-10,11-3-4-11)24-18(25)29/h5-7,10-11H,1-4,8-9H2,(H,22,27)(H,23,26)(H,24,29). The van der Waals surface area contributed by atoms with Gasteiger partial charge in [0.05, 0.1) is 6.54 Å². The molecule has 5 amide bonds. The Morgan fingerprint density at radius 3 is 2.31 bits per heavy atom. The third-order valence-corrected chi connectivity index (χ3v) is 5.55. The summed E-state index contributed by atoms with van der Waals surface area (Å²) in [4.78, 5) is 50.1. The molecule has 1 saturated heterocycles. The van der Waals surface area contributed by atoms with E-state index in [1.165, 1.54) is 6.07 Å². The summed E-state index contributed by atoms with van der Waals surface area (Å²) in [5, 5.41) is 7.45. The topological polar surface area (TPSA) is 108 Å². The van der Waals surface area contributed by atoms with Gasteiger partial charge < -0.3 is 16.0 Å². The first-order chi connectivity index (χ1) is 13.8. The molecule has 1 aliphatic heterocycles. The molecule has 1 heterocycles. The third kappa shape index (κ3) is 3.66. The van der Waals surface area contributed by atoms with Crippen LogP contribution in [0.15, 0.2) is 18.2 Å². The molecule has 3 fully saturated rings. The highest BCUT2D eigenvalue weighted by Crippen LogP contribution is 2.54. The largest absolute Gasteiger partial charge is 0.345 e. The molecule has 0 bridgehead atoms. The van der Waals surface area contributed by atoms with Crippen molar-refractivity contribution in [2.45, 2.75) is 31.2 Å². The average molecular weight is 406 g/mol. The van der Waals surface area contributed by atoms with Gasteiger partial charge in [-0.3, -0.25) is 19.3 Å². The van der Waals surface area contributed by atoms with Crippen LogP contribution in [-0.4, -0.2) is 47.3 Å². The van der Waals surface area contributed by atoms with Crippen molar-refractivity contribution in [1.29, 1.82) is 0 Å². The number of hydrogen-bond acceptors (Lipinski definition) is 4. The number of hydrogen-bond donors (Lipinski definition) is 3. The van der Waals surface area contributed by atoms with Gasteiger partial charge in [0.25, 0.3) is 5.91 Å². The van der Waals surface area contributed by atoms with Gasteiger partial charge in [0, 0.05) is 11.8 Å². The second kappa shape index (κ2) is 7.09. The predicted octanol–water partition coefficient (Wildman–Crippen LogP) is 1.13. The van der Waals surface area contributed by atoms with Crippen LogP contribution in [-0.2, 0) is 14.4 Å². The zero-order chi connectivity index (χ0) is 20.8. The molecule has 0 atom stereocenters. The fourth-order valence-corrected chi connectivity index (χ4v) is 3.88. The first-order valence-corrected chi connectivity index (χ1v) is 9.47. The first kappa shape index (κ1) is 19.3. The number of rotatable bonds is 7. The van der Waals surface area contributed by atoms with E-state index in [-0.39, 0.29) is 23.4 Å². The van der Waals surface area contributed by atoms with Crippen LogP contribution in [0.3, 0.4) is 0 Å². The van der Waals surface area contributed by atoms with Gasteiger partial charge in [-0.1, -0.05) is 0 Å². The molecule has 1 aromatic carbocycles. The van der Waals surface area contributed by atoms with Gasteiger partial charge in [-0.25, -0.2) is 13.6 Å². The summed E-state index contributed by atoms with van der Waals surface area (Å²) in [6.45, 7) is -0.928. The van der Waals surface area contributed by atoms with E-state index in [0.717, 1.165) is 42.7 Å². The fraction of sp³-hybridized carbons (Fsp3) is 0.474. The molecule has 0 spiro atoms. The Kier molecular flexibility index (Phi) is 4.71. The highest BCUT2D eigenvalue weighted by molar-refractivity contribution is 6.10. The second-order valence-corrected chi connectivity index (χ2v) is 7.69. The van der Waals surface area contributed by atoms with Crippen LogP contribution >= 0.6 is 0 Å². The summed E-state index contributed by atoms with van der Waals surface area (Å²) >= 11 is 0. The number of urea groups is 1. The lowest BCUT2D eigenvalue weighted by Gasteiger charge is -2.26. The molecule has 0 unspecified atom stereocenters. The maximum Gasteiger partial charge on any atom is 0.325 e. The van der Waals surface area contributed by atoms with E-state index in [9.17, 15) is 28.0 Å². The van der Waals surface area contributed by atoms with Crippen molar-refractivity contribution in [3.8, 4) is 0 Å². The number of carbonyl (C=O) groups excluding carboxylic acids is 4. The van der Waals surface area contributed by atoms with Crippen molar-refractivity contribution in [3.05, 3.63) is 29.8 Å². The minimum atomic E-state index is -1.11. The summed E-state index contributed by atoms with van der Waals surface area (Å²) in [5.74, 6) is -3.60. The molecule has 10 heteroatoms. The minimum absolute atomic E-state index is 0.0379. The molecule has 3 aliphatic rings. The van der Waals surface area contributed by atoms with E-state index < -0.39 is 48.1 Å². The summed E-state index contributed by atoms with van der Waals surface area (Å²) in [5.41, 5.74) is -0.836. The van der Waals surface area contributed by atoms with Crippen molar-refractivity contribution in [1.82, 2.24) is 15.5 Å². The van der Waals surface area contributed by atoms with Gasteiger partial charge in [0.1, 0.15) is 12.1 Å². The monoisotopic (exact) mass is 406 g/mol. The van der Waals surface area contributed by atoms with Crippen molar-refractivity contribution >= 4 is 29.4 Å². The summed E-state index contributed by atoms with van der Waals surface area (Å²) in [6.07, 6.45) is 3.53. The number of nitrogens with zero attached hydrogens (tertiary/aromatic N) is 1. The van der Waals surface area contributed by atoms with E-state index in [1.54, 1.807) is 0 Å². The van der Waals surface area contributed by atoms with Gasteiger partial charge in [0.15, 0.2) is 11.6 Å². The lowest BCUT2D eigenvalue weighted by atomic mass is 9.87. The third-order valence-electron chi connectivity index (χ3n) is 5.55. The molecule has 29 heavy (non-hydrogen) atoms. The quantitative estimate of drug-likeness (QED) is 0.590. The number of nitrogens with one attached hydrogen (secondary N) is 3. The highest BCUT2D eigenvalue weighted by atomic mass is 19.2. The van der Waals surface area contributed by atoms with Crippen LogP contribution in [0.25, 0.3) is 0 Å². The predicted molar refractivity (Wildman–Crippen MR) is 96.4 cm³/mol. The van der Waals surface area contributed by atoms with Crippen molar-refractivity contribution < 1.29 is 28.0 Å². The Labute approximate surface area is 165 Å². The lowest BCUT2D eigenvalue weighted by Crippen LogP contribution is -2.51. The Bertz CT molecular complexity index is 886. The molecule has 154 valence electrons. The fourth-order valence-electron chi connectivity index (χ4n) is 3.88. The molecule has 4 rings (SSSR count). The number of halogens is 2. The molecule has 8 nitrogen and oxygen atoms in total. The zero-order valence-electron chi connectivity index (χ0n) is 15.5. The van der Waals surface area contributed by atoms with Crippen LogP contribution in [0.2, 0.25) is 0 Å². The van der Waals surface area contributed by atoms with Crippen molar-refractivity contribution in [3.63, 3.8) is 0 Å². The zero-order valence-corrected chi connectivity index (χ0v) is 15.5. The highest BCUT2D eigenvalue weighted by Gasteiger charge is 2.65. The smallest absolute Gasteiger partial charge is 0.325 e. The van der Waals surface area contributed by atoms with Crippen molar-refractivity contribution in [2.24, 2.45) is 11.8 Å². The van der Waals surface area contributed by atoms with Crippen LogP contribution in [0.4, 0.5) is 19.3 Å². The normalized spacial score (nSPS) is 20.4. The van der Waals surface area contributed by atoms with Crippen molar-refractivity contribution in [2.75, 3.05) is 18.4 Å². The SMILES string of the molecule is O=C(CN1C(=O)NC(C2CC2)(C2CC2)C1=O)NCC(=O)Nc1ccc(F)c(F)c1. The van der Waals surface area contributed by atoms with E-state index in [0.29, 0.717) is 0 Å². The minimum Gasteiger partial charge on any atom is -0.345 e. The van der Waals surface area contributed by atoms with Gasteiger partial charge in [0.2, 0.25) is 11.8 Å². The summed E-state index contributed by atoms with van der Waals surface area (Å²) in [6, 6.07) is 2.28. The summed E-state index contributed by atoms with van der Waals surface area (Å²) < 4.78 is 26.1. The Morgan fingerprint density at radius 1 is 1.07 bits per heavy atom. The van der Waals surface area contributed by atoms with E-state index in [1.807, 2.05) is 0 Å². The number of carbonyl (C=O) groups is 4. The van der Waals surface area contributed by atoms with E-state index >= 15 is 0 Å². The van der Waals surface area contributed by atoms with Gasteiger partial charge >= 0.3 is 6.03 Å². The van der Waals surface area contributed by atoms with Crippen LogP contribution in [0.5, 0.6) is 0 Å². The molecule has 3 N–H and O–H groups in total. The number of amides is 5.